The average molecular weight is 418 g/mol. The molecule has 2 aliphatic rings. The molecule has 0 spiro atoms. The van der Waals surface area contributed by atoms with Gasteiger partial charge in [-0.25, -0.2) is 0 Å². The molecule has 28 heavy (non-hydrogen) atoms. The average Bonchev–Trinajstić information content (AvgIpc) is 3.47. The standard InChI is InChI=1S/C20H23N3O3S2/c24-18(15-5-7-21(8-6-15)19(25)16-3-1-13-27-16)22-9-11-23(12-10-22)20(26)17-4-2-14-28-17/h1-4,13-15H,5-12H2. The van der Waals surface area contributed by atoms with Crippen molar-refractivity contribution >= 4 is 40.4 Å². The first-order valence-corrected chi connectivity index (χ1v) is 11.3. The van der Waals surface area contributed by atoms with Gasteiger partial charge >= 0.3 is 0 Å². The number of amides is 3. The van der Waals surface area contributed by atoms with E-state index >= 15 is 0 Å². The molecule has 2 fully saturated rings. The molecule has 0 radical (unpaired) electrons. The van der Waals surface area contributed by atoms with E-state index < -0.39 is 0 Å². The monoisotopic (exact) mass is 417 g/mol. The maximum absolute atomic E-state index is 12.9. The van der Waals surface area contributed by atoms with Crippen LogP contribution in [-0.4, -0.2) is 71.7 Å². The molecule has 148 valence electrons. The van der Waals surface area contributed by atoms with Crippen LogP contribution in [0.3, 0.4) is 0 Å². The lowest BCUT2D eigenvalue weighted by Gasteiger charge is -2.38. The Kier molecular flexibility index (Phi) is 5.77. The molecule has 2 aliphatic heterocycles. The number of hydrogen-bond donors (Lipinski definition) is 0. The zero-order valence-corrected chi connectivity index (χ0v) is 17.2. The first-order chi connectivity index (χ1) is 13.6. The van der Waals surface area contributed by atoms with Gasteiger partial charge < -0.3 is 14.7 Å². The van der Waals surface area contributed by atoms with Crippen LogP contribution in [0.2, 0.25) is 0 Å². The van der Waals surface area contributed by atoms with Crippen molar-refractivity contribution in [3.05, 3.63) is 44.8 Å². The van der Waals surface area contributed by atoms with Gasteiger partial charge in [0.2, 0.25) is 5.91 Å². The van der Waals surface area contributed by atoms with Crippen molar-refractivity contribution in [2.75, 3.05) is 39.3 Å². The number of thiophene rings is 2. The zero-order chi connectivity index (χ0) is 19.5. The smallest absolute Gasteiger partial charge is 0.264 e. The van der Waals surface area contributed by atoms with Crippen LogP contribution in [0, 0.1) is 5.92 Å². The van der Waals surface area contributed by atoms with Gasteiger partial charge in [0, 0.05) is 45.2 Å². The molecule has 0 aliphatic carbocycles. The second kappa shape index (κ2) is 8.45. The summed E-state index contributed by atoms with van der Waals surface area (Å²) in [6.45, 7) is 3.60. The van der Waals surface area contributed by atoms with Crippen molar-refractivity contribution in [1.82, 2.24) is 14.7 Å². The number of nitrogens with zero attached hydrogens (tertiary/aromatic N) is 3. The molecule has 3 amide bonds. The fourth-order valence-electron chi connectivity index (χ4n) is 3.83. The molecule has 0 atom stereocenters. The Morgan fingerprint density at radius 2 is 1.18 bits per heavy atom. The third kappa shape index (κ3) is 3.98. The molecule has 0 saturated carbocycles. The van der Waals surface area contributed by atoms with Crippen LogP contribution in [0.25, 0.3) is 0 Å². The Hall–Kier alpha value is -2.19. The Bertz CT molecular complexity index is 751. The van der Waals surface area contributed by atoms with Crippen LogP contribution >= 0.6 is 22.7 Å². The van der Waals surface area contributed by atoms with E-state index in [0.717, 1.165) is 9.75 Å². The summed E-state index contributed by atoms with van der Waals surface area (Å²) in [6, 6.07) is 7.46. The first-order valence-electron chi connectivity index (χ1n) is 9.58. The second-order valence-corrected chi connectivity index (χ2v) is 9.03. The maximum Gasteiger partial charge on any atom is 0.264 e. The van der Waals surface area contributed by atoms with Crippen molar-refractivity contribution in [2.24, 2.45) is 5.92 Å². The fraction of sp³-hybridized carbons (Fsp3) is 0.450. The molecule has 0 bridgehead atoms. The Balaban J connectivity index is 1.26. The minimum atomic E-state index is -0.0214. The van der Waals surface area contributed by atoms with Gasteiger partial charge in [-0.2, -0.15) is 0 Å². The minimum Gasteiger partial charge on any atom is -0.339 e. The molecule has 4 heterocycles. The van der Waals surface area contributed by atoms with Gasteiger partial charge in [-0.15, -0.1) is 22.7 Å². The SMILES string of the molecule is O=C(c1cccs1)N1CCC(C(=O)N2CCN(C(=O)c3cccs3)CC2)CC1. The largest absolute Gasteiger partial charge is 0.339 e. The van der Waals surface area contributed by atoms with Gasteiger partial charge in [-0.05, 0) is 35.7 Å². The van der Waals surface area contributed by atoms with Gasteiger partial charge in [0.05, 0.1) is 9.75 Å². The van der Waals surface area contributed by atoms with Crippen molar-refractivity contribution in [1.29, 1.82) is 0 Å². The van der Waals surface area contributed by atoms with Crippen LogP contribution < -0.4 is 0 Å². The van der Waals surface area contributed by atoms with Crippen LogP contribution in [0.15, 0.2) is 35.0 Å². The summed E-state index contributed by atoms with van der Waals surface area (Å²) in [5.74, 6) is 0.280. The van der Waals surface area contributed by atoms with Gasteiger partial charge in [-0.1, -0.05) is 12.1 Å². The summed E-state index contributed by atoms with van der Waals surface area (Å²) < 4.78 is 0. The predicted octanol–water partition coefficient (Wildman–Crippen LogP) is 2.65. The zero-order valence-electron chi connectivity index (χ0n) is 15.6. The number of carbonyl (C=O) groups is 3. The molecular formula is C20H23N3O3S2. The number of rotatable bonds is 3. The summed E-state index contributed by atoms with van der Waals surface area (Å²) in [6.07, 6.45) is 1.43. The number of carbonyl (C=O) groups excluding carboxylic acids is 3. The summed E-state index contributed by atoms with van der Waals surface area (Å²) in [5, 5.41) is 3.81. The molecule has 0 N–H and O–H groups in total. The molecule has 2 saturated heterocycles. The van der Waals surface area contributed by atoms with E-state index in [0.29, 0.717) is 52.1 Å². The number of hydrogen-bond acceptors (Lipinski definition) is 5. The minimum absolute atomic E-state index is 0.0214. The van der Waals surface area contributed by atoms with Crippen LogP contribution in [0.1, 0.15) is 32.2 Å². The molecule has 4 rings (SSSR count). The summed E-state index contributed by atoms with van der Waals surface area (Å²) >= 11 is 2.91. The van der Waals surface area contributed by atoms with E-state index in [-0.39, 0.29) is 23.6 Å². The lowest BCUT2D eigenvalue weighted by molar-refractivity contribution is -0.138. The fourth-order valence-corrected chi connectivity index (χ4v) is 5.21. The highest BCUT2D eigenvalue weighted by Gasteiger charge is 2.33. The quantitative estimate of drug-likeness (QED) is 0.771. The van der Waals surface area contributed by atoms with Crippen LogP contribution in [0.4, 0.5) is 0 Å². The first kappa shape index (κ1) is 19.1. The third-order valence-electron chi connectivity index (χ3n) is 5.47. The van der Waals surface area contributed by atoms with Crippen LogP contribution in [-0.2, 0) is 4.79 Å². The van der Waals surface area contributed by atoms with Crippen molar-refractivity contribution in [2.45, 2.75) is 12.8 Å². The lowest BCUT2D eigenvalue weighted by Crippen LogP contribution is -2.53. The van der Waals surface area contributed by atoms with Gasteiger partial charge in [0.25, 0.3) is 11.8 Å². The summed E-state index contributed by atoms with van der Waals surface area (Å²) in [4.78, 5) is 44.8. The normalized spacial score (nSPS) is 18.4. The van der Waals surface area contributed by atoms with Crippen molar-refractivity contribution in [3.63, 3.8) is 0 Å². The third-order valence-corrected chi connectivity index (χ3v) is 7.19. The number of piperazine rings is 1. The highest BCUT2D eigenvalue weighted by atomic mass is 32.1. The Morgan fingerprint density at radius 3 is 1.64 bits per heavy atom. The van der Waals surface area contributed by atoms with E-state index in [1.54, 1.807) is 0 Å². The van der Waals surface area contributed by atoms with Gasteiger partial charge in [-0.3, -0.25) is 14.4 Å². The molecule has 2 aromatic rings. The summed E-state index contributed by atoms with van der Waals surface area (Å²) in [7, 11) is 0. The van der Waals surface area contributed by atoms with Crippen LogP contribution in [0.5, 0.6) is 0 Å². The second-order valence-electron chi connectivity index (χ2n) is 7.14. The molecule has 6 nitrogen and oxygen atoms in total. The van der Waals surface area contributed by atoms with Crippen molar-refractivity contribution in [3.8, 4) is 0 Å². The van der Waals surface area contributed by atoms with E-state index in [4.69, 9.17) is 0 Å². The number of piperidine rings is 1. The van der Waals surface area contributed by atoms with Crippen molar-refractivity contribution < 1.29 is 14.4 Å². The topological polar surface area (TPSA) is 60.9 Å². The number of likely N-dealkylation sites (tertiary alicyclic amines) is 1. The van der Waals surface area contributed by atoms with Gasteiger partial charge in [0.15, 0.2) is 0 Å². The molecule has 2 aromatic heterocycles. The van der Waals surface area contributed by atoms with E-state index in [1.807, 2.05) is 49.7 Å². The van der Waals surface area contributed by atoms with E-state index in [2.05, 4.69) is 0 Å². The van der Waals surface area contributed by atoms with Gasteiger partial charge in [0.1, 0.15) is 0 Å². The van der Waals surface area contributed by atoms with E-state index in [9.17, 15) is 14.4 Å². The maximum atomic E-state index is 12.9. The Morgan fingerprint density at radius 1 is 0.714 bits per heavy atom. The Labute approximate surface area is 172 Å². The summed E-state index contributed by atoms with van der Waals surface area (Å²) in [5.41, 5.74) is 0. The molecular weight excluding hydrogens is 394 g/mol. The lowest BCUT2D eigenvalue weighted by atomic mass is 9.95. The highest BCUT2D eigenvalue weighted by molar-refractivity contribution is 7.12. The van der Waals surface area contributed by atoms with E-state index in [1.165, 1.54) is 22.7 Å². The predicted molar refractivity (Wildman–Crippen MR) is 110 cm³/mol. The highest BCUT2D eigenvalue weighted by Crippen LogP contribution is 2.23. The molecule has 0 unspecified atom stereocenters. The molecule has 0 aromatic carbocycles. The molecule has 8 heteroatoms.